The predicted molar refractivity (Wildman–Crippen MR) is 83.2 cm³/mol. The number of aromatic nitrogens is 4. The molecular formula is C15H18ClN5. The summed E-state index contributed by atoms with van der Waals surface area (Å²) < 4.78 is 0. The van der Waals surface area contributed by atoms with Crippen LogP contribution in [-0.2, 0) is 0 Å². The Labute approximate surface area is 129 Å². The van der Waals surface area contributed by atoms with E-state index in [-0.39, 0.29) is 5.28 Å². The van der Waals surface area contributed by atoms with E-state index >= 15 is 0 Å². The fourth-order valence-corrected chi connectivity index (χ4v) is 2.79. The van der Waals surface area contributed by atoms with Gasteiger partial charge in [-0.2, -0.15) is 15.0 Å². The van der Waals surface area contributed by atoms with Gasteiger partial charge in [0.25, 0.3) is 0 Å². The Kier molecular flexibility index (Phi) is 4.60. The number of halogens is 1. The average molecular weight is 304 g/mol. The molecule has 6 heteroatoms. The second kappa shape index (κ2) is 6.80. The third-order valence-electron chi connectivity index (χ3n) is 3.69. The van der Waals surface area contributed by atoms with Crippen molar-refractivity contribution in [1.82, 2.24) is 19.9 Å². The van der Waals surface area contributed by atoms with Crippen molar-refractivity contribution in [1.29, 1.82) is 0 Å². The van der Waals surface area contributed by atoms with Gasteiger partial charge in [0.15, 0.2) is 5.82 Å². The predicted octanol–water partition coefficient (Wildman–Crippen LogP) is 3.72. The van der Waals surface area contributed by atoms with Gasteiger partial charge in [-0.05, 0) is 36.6 Å². The van der Waals surface area contributed by atoms with E-state index in [0.29, 0.717) is 23.5 Å². The third-order valence-corrected chi connectivity index (χ3v) is 3.86. The lowest BCUT2D eigenvalue weighted by Gasteiger charge is -2.16. The minimum absolute atomic E-state index is 0.196. The molecule has 2 heterocycles. The normalized spacial score (nSPS) is 16.4. The molecule has 0 spiro atoms. The molecule has 5 nitrogen and oxygen atoms in total. The molecule has 1 saturated carbocycles. The summed E-state index contributed by atoms with van der Waals surface area (Å²) in [5.74, 6) is 1.05. The summed E-state index contributed by atoms with van der Waals surface area (Å²) in [7, 11) is 0. The minimum Gasteiger partial charge on any atom is -0.351 e. The van der Waals surface area contributed by atoms with E-state index in [0.717, 1.165) is 12.8 Å². The molecule has 2 aromatic rings. The van der Waals surface area contributed by atoms with E-state index in [1.807, 2.05) is 18.2 Å². The maximum Gasteiger partial charge on any atom is 0.227 e. The summed E-state index contributed by atoms with van der Waals surface area (Å²) in [5, 5.41) is 3.59. The Bertz CT molecular complexity index is 582. The zero-order valence-corrected chi connectivity index (χ0v) is 12.6. The number of pyridine rings is 1. The molecule has 21 heavy (non-hydrogen) atoms. The van der Waals surface area contributed by atoms with Gasteiger partial charge in [-0.25, -0.2) is 0 Å². The Morgan fingerprint density at radius 2 is 1.81 bits per heavy atom. The van der Waals surface area contributed by atoms with Gasteiger partial charge in [0.05, 0.1) is 0 Å². The third kappa shape index (κ3) is 3.88. The van der Waals surface area contributed by atoms with E-state index in [1.165, 1.54) is 25.7 Å². The van der Waals surface area contributed by atoms with Gasteiger partial charge in [-0.15, -0.1) is 0 Å². The maximum atomic E-state index is 6.02. The van der Waals surface area contributed by atoms with E-state index < -0.39 is 0 Å². The first-order valence-electron chi connectivity index (χ1n) is 7.41. The Hall–Kier alpha value is -1.75. The Morgan fingerprint density at radius 3 is 2.52 bits per heavy atom. The van der Waals surface area contributed by atoms with Crippen LogP contribution in [0.15, 0.2) is 24.4 Å². The Balaban J connectivity index is 1.81. The van der Waals surface area contributed by atoms with Crippen molar-refractivity contribution in [2.24, 2.45) is 0 Å². The number of anilines is 1. The van der Waals surface area contributed by atoms with Gasteiger partial charge in [0.1, 0.15) is 5.69 Å². The van der Waals surface area contributed by atoms with Crippen molar-refractivity contribution in [2.45, 2.75) is 44.6 Å². The molecule has 0 aliphatic heterocycles. The van der Waals surface area contributed by atoms with Gasteiger partial charge in [-0.3, -0.25) is 4.98 Å². The SMILES string of the molecule is Clc1nc(NC2CCCCCC2)nc(-c2ccccn2)n1. The molecular weight excluding hydrogens is 286 g/mol. The quantitative estimate of drug-likeness (QED) is 0.875. The largest absolute Gasteiger partial charge is 0.351 e. The lowest BCUT2D eigenvalue weighted by atomic mass is 10.1. The smallest absolute Gasteiger partial charge is 0.227 e. The fraction of sp³-hybridized carbons (Fsp3) is 0.467. The van der Waals surface area contributed by atoms with E-state index in [1.54, 1.807) is 6.20 Å². The highest BCUT2D eigenvalue weighted by Crippen LogP contribution is 2.21. The van der Waals surface area contributed by atoms with Crippen molar-refractivity contribution in [2.75, 3.05) is 5.32 Å². The summed E-state index contributed by atoms with van der Waals surface area (Å²) in [6.45, 7) is 0. The minimum atomic E-state index is 0.196. The van der Waals surface area contributed by atoms with Crippen LogP contribution in [-0.4, -0.2) is 26.0 Å². The summed E-state index contributed by atoms with van der Waals surface area (Å²) in [6.07, 6.45) is 9.16. The highest BCUT2D eigenvalue weighted by Gasteiger charge is 2.15. The van der Waals surface area contributed by atoms with Crippen LogP contribution in [0.4, 0.5) is 5.95 Å². The molecule has 1 N–H and O–H groups in total. The van der Waals surface area contributed by atoms with Crippen molar-refractivity contribution in [3.05, 3.63) is 29.7 Å². The second-order valence-corrected chi connectivity index (χ2v) is 5.64. The molecule has 0 bridgehead atoms. The van der Waals surface area contributed by atoms with Crippen LogP contribution in [0.25, 0.3) is 11.5 Å². The topological polar surface area (TPSA) is 63.6 Å². The van der Waals surface area contributed by atoms with Crippen molar-refractivity contribution >= 4 is 17.5 Å². The highest BCUT2D eigenvalue weighted by atomic mass is 35.5. The summed E-state index contributed by atoms with van der Waals surface area (Å²) >= 11 is 6.02. The van der Waals surface area contributed by atoms with Gasteiger partial charge >= 0.3 is 0 Å². The van der Waals surface area contributed by atoms with Gasteiger partial charge in [-0.1, -0.05) is 31.7 Å². The molecule has 0 amide bonds. The first kappa shape index (κ1) is 14.2. The van der Waals surface area contributed by atoms with Crippen LogP contribution in [0.3, 0.4) is 0 Å². The molecule has 1 fully saturated rings. The van der Waals surface area contributed by atoms with Crippen molar-refractivity contribution in [3.63, 3.8) is 0 Å². The monoisotopic (exact) mass is 303 g/mol. The second-order valence-electron chi connectivity index (χ2n) is 5.30. The molecule has 0 aromatic carbocycles. The average Bonchev–Trinajstić information content (AvgIpc) is 2.76. The summed E-state index contributed by atoms with van der Waals surface area (Å²) in [6, 6.07) is 6.04. The lowest BCUT2D eigenvalue weighted by Crippen LogP contribution is -2.20. The maximum absolute atomic E-state index is 6.02. The van der Waals surface area contributed by atoms with Crippen LogP contribution >= 0.6 is 11.6 Å². The molecule has 2 aromatic heterocycles. The van der Waals surface area contributed by atoms with E-state index in [2.05, 4.69) is 25.3 Å². The van der Waals surface area contributed by atoms with Gasteiger partial charge in [0.2, 0.25) is 11.2 Å². The van der Waals surface area contributed by atoms with Gasteiger partial charge in [0, 0.05) is 12.2 Å². The number of hydrogen-bond acceptors (Lipinski definition) is 5. The Morgan fingerprint density at radius 1 is 1.00 bits per heavy atom. The van der Waals surface area contributed by atoms with Crippen LogP contribution in [0.5, 0.6) is 0 Å². The molecule has 1 aliphatic rings. The molecule has 3 rings (SSSR count). The molecule has 0 saturated heterocycles. The first-order chi connectivity index (χ1) is 10.3. The summed E-state index contributed by atoms with van der Waals surface area (Å²) in [4.78, 5) is 17.0. The molecule has 0 atom stereocenters. The number of nitrogens with one attached hydrogen (secondary N) is 1. The number of rotatable bonds is 3. The summed E-state index contributed by atoms with van der Waals surface area (Å²) in [5.41, 5.74) is 0.700. The number of nitrogens with zero attached hydrogens (tertiary/aromatic N) is 4. The van der Waals surface area contributed by atoms with E-state index in [4.69, 9.17) is 11.6 Å². The molecule has 110 valence electrons. The van der Waals surface area contributed by atoms with E-state index in [9.17, 15) is 0 Å². The van der Waals surface area contributed by atoms with Crippen LogP contribution < -0.4 is 5.32 Å². The van der Waals surface area contributed by atoms with Crippen molar-refractivity contribution < 1.29 is 0 Å². The van der Waals surface area contributed by atoms with Crippen LogP contribution in [0, 0.1) is 0 Å². The van der Waals surface area contributed by atoms with Crippen LogP contribution in [0.1, 0.15) is 38.5 Å². The first-order valence-corrected chi connectivity index (χ1v) is 7.78. The fourth-order valence-electron chi connectivity index (χ4n) is 2.63. The van der Waals surface area contributed by atoms with Gasteiger partial charge < -0.3 is 5.32 Å². The van der Waals surface area contributed by atoms with Crippen LogP contribution in [0.2, 0.25) is 5.28 Å². The number of hydrogen-bond donors (Lipinski definition) is 1. The molecule has 1 aliphatic carbocycles. The molecule has 0 unspecified atom stereocenters. The molecule has 0 radical (unpaired) electrons. The van der Waals surface area contributed by atoms with Crippen molar-refractivity contribution in [3.8, 4) is 11.5 Å². The lowest BCUT2D eigenvalue weighted by molar-refractivity contribution is 0.614. The highest BCUT2D eigenvalue weighted by molar-refractivity contribution is 6.28. The zero-order chi connectivity index (χ0) is 14.5. The zero-order valence-electron chi connectivity index (χ0n) is 11.8. The standard InChI is InChI=1S/C15H18ClN5/c16-14-19-13(12-9-5-6-10-17-12)20-15(21-14)18-11-7-3-1-2-4-8-11/h5-6,9-11H,1-4,7-8H2,(H,18,19,20,21).